The number of carbonyl (C=O) groups excluding carboxylic acids is 1. The van der Waals surface area contributed by atoms with Gasteiger partial charge in [-0.15, -0.1) is 11.3 Å². The summed E-state index contributed by atoms with van der Waals surface area (Å²) in [7, 11) is -3.40. The number of hydrogen-bond donors (Lipinski definition) is 0. The Bertz CT molecular complexity index is 810. The normalized spacial score (nSPS) is 32.0. The molecule has 150 valence electrons. The summed E-state index contributed by atoms with van der Waals surface area (Å²) >= 11 is 1.26. The summed E-state index contributed by atoms with van der Waals surface area (Å²) < 4.78 is 27.3. The average Bonchev–Trinajstić information content (AvgIpc) is 3.20. The second-order valence-corrected chi connectivity index (χ2v) is 12.9. The Labute approximate surface area is 166 Å². The molecule has 0 spiro atoms. The van der Waals surface area contributed by atoms with Gasteiger partial charge in [-0.05, 0) is 54.4 Å². The number of amides is 1. The SMILES string of the molecule is CC1(C)C[C@H]2C[C@](C)(CN2C(=O)C2CCN(S(=O)(=O)c3cccs3)CC2)C1. The molecule has 1 aromatic heterocycles. The molecule has 3 fully saturated rings. The molecule has 1 saturated carbocycles. The van der Waals surface area contributed by atoms with E-state index in [1.807, 2.05) is 0 Å². The van der Waals surface area contributed by atoms with Crippen LogP contribution in [0.1, 0.15) is 52.9 Å². The van der Waals surface area contributed by atoms with E-state index in [0.717, 1.165) is 19.4 Å². The first-order valence-electron chi connectivity index (χ1n) is 9.94. The van der Waals surface area contributed by atoms with Gasteiger partial charge in [0, 0.05) is 31.6 Å². The topological polar surface area (TPSA) is 57.7 Å². The smallest absolute Gasteiger partial charge is 0.252 e. The third-order valence-corrected chi connectivity index (χ3v) is 9.86. The minimum Gasteiger partial charge on any atom is -0.339 e. The maximum atomic E-state index is 13.2. The molecule has 2 atom stereocenters. The van der Waals surface area contributed by atoms with E-state index in [0.29, 0.717) is 41.6 Å². The van der Waals surface area contributed by atoms with Crippen molar-refractivity contribution in [3.63, 3.8) is 0 Å². The number of piperidine rings is 1. The van der Waals surface area contributed by atoms with Crippen molar-refractivity contribution < 1.29 is 13.2 Å². The van der Waals surface area contributed by atoms with E-state index in [1.165, 1.54) is 17.8 Å². The van der Waals surface area contributed by atoms with Gasteiger partial charge in [0.15, 0.2) is 0 Å². The van der Waals surface area contributed by atoms with Gasteiger partial charge in [-0.3, -0.25) is 4.79 Å². The minimum atomic E-state index is -3.40. The molecule has 2 bridgehead atoms. The highest BCUT2D eigenvalue weighted by Crippen LogP contribution is 2.52. The van der Waals surface area contributed by atoms with Gasteiger partial charge in [0.05, 0.1) is 0 Å². The molecule has 27 heavy (non-hydrogen) atoms. The van der Waals surface area contributed by atoms with Crippen molar-refractivity contribution in [3.05, 3.63) is 17.5 Å². The van der Waals surface area contributed by atoms with Crippen LogP contribution in [0.4, 0.5) is 0 Å². The van der Waals surface area contributed by atoms with E-state index in [2.05, 4.69) is 25.7 Å². The molecule has 4 rings (SSSR count). The molecule has 0 N–H and O–H groups in total. The van der Waals surface area contributed by atoms with Crippen LogP contribution in [-0.4, -0.2) is 49.2 Å². The van der Waals surface area contributed by atoms with Gasteiger partial charge in [0.2, 0.25) is 5.91 Å². The second kappa shape index (κ2) is 6.56. The van der Waals surface area contributed by atoms with Crippen LogP contribution in [0.2, 0.25) is 0 Å². The van der Waals surface area contributed by atoms with Gasteiger partial charge < -0.3 is 4.90 Å². The van der Waals surface area contributed by atoms with Gasteiger partial charge >= 0.3 is 0 Å². The predicted molar refractivity (Wildman–Crippen MR) is 107 cm³/mol. The number of fused-ring (bicyclic) bond motifs is 2. The van der Waals surface area contributed by atoms with E-state index in [9.17, 15) is 13.2 Å². The van der Waals surface area contributed by atoms with Gasteiger partial charge in [-0.1, -0.05) is 26.8 Å². The third kappa shape index (κ3) is 3.58. The Balaban J connectivity index is 1.41. The average molecular weight is 411 g/mol. The highest BCUT2D eigenvalue weighted by Gasteiger charge is 2.51. The lowest BCUT2D eigenvalue weighted by Gasteiger charge is -2.39. The third-order valence-electron chi connectivity index (χ3n) is 6.59. The van der Waals surface area contributed by atoms with Crippen molar-refractivity contribution in [2.45, 2.75) is 63.1 Å². The molecule has 2 aliphatic heterocycles. The highest BCUT2D eigenvalue weighted by atomic mass is 32.2. The van der Waals surface area contributed by atoms with Crippen LogP contribution in [0.3, 0.4) is 0 Å². The Kier molecular flexibility index (Phi) is 4.71. The fourth-order valence-corrected chi connectivity index (χ4v) is 8.45. The number of sulfonamides is 1. The summed E-state index contributed by atoms with van der Waals surface area (Å²) in [4.78, 5) is 15.4. The minimum absolute atomic E-state index is 0.0363. The molecule has 3 aliphatic rings. The van der Waals surface area contributed by atoms with Crippen molar-refractivity contribution in [1.82, 2.24) is 9.21 Å². The predicted octanol–water partition coefficient (Wildman–Crippen LogP) is 3.58. The van der Waals surface area contributed by atoms with E-state index < -0.39 is 10.0 Å². The Morgan fingerprint density at radius 1 is 1.19 bits per heavy atom. The van der Waals surface area contributed by atoms with Gasteiger partial charge in [0.25, 0.3) is 10.0 Å². The molecular formula is C20H30N2O3S2. The molecule has 1 aliphatic carbocycles. The summed E-state index contributed by atoms with van der Waals surface area (Å²) in [5.74, 6) is 0.223. The summed E-state index contributed by atoms with van der Waals surface area (Å²) in [6.45, 7) is 8.71. The maximum Gasteiger partial charge on any atom is 0.252 e. The summed E-state index contributed by atoms with van der Waals surface area (Å²) in [6.07, 6.45) is 4.64. The summed E-state index contributed by atoms with van der Waals surface area (Å²) in [5.41, 5.74) is 0.538. The Hall–Kier alpha value is -0.920. The van der Waals surface area contributed by atoms with Crippen molar-refractivity contribution in [3.8, 4) is 0 Å². The Morgan fingerprint density at radius 2 is 1.89 bits per heavy atom. The molecule has 2 saturated heterocycles. The molecule has 5 nitrogen and oxygen atoms in total. The number of carbonyl (C=O) groups is 1. The van der Waals surface area contributed by atoms with E-state index in [1.54, 1.807) is 21.8 Å². The number of thiophene rings is 1. The molecule has 3 heterocycles. The van der Waals surface area contributed by atoms with Gasteiger partial charge in [-0.25, -0.2) is 8.42 Å². The molecule has 1 amide bonds. The van der Waals surface area contributed by atoms with Crippen LogP contribution < -0.4 is 0 Å². The zero-order valence-electron chi connectivity index (χ0n) is 16.5. The standard InChI is InChI=1S/C20H30N2O3S2/c1-19(2)11-16-12-20(3,13-19)14-22(16)18(23)15-6-8-21(9-7-15)27(24,25)17-5-4-10-26-17/h4-5,10,15-16H,6-9,11-14H2,1-3H3/t16-,20-/m0/s1. The monoisotopic (exact) mass is 410 g/mol. The summed E-state index contributed by atoms with van der Waals surface area (Å²) in [5, 5.41) is 1.79. The zero-order valence-corrected chi connectivity index (χ0v) is 18.1. The summed E-state index contributed by atoms with van der Waals surface area (Å²) in [6, 6.07) is 3.78. The first-order chi connectivity index (χ1) is 12.6. The van der Waals surface area contributed by atoms with Crippen LogP contribution in [0.5, 0.6) is 0 Å². The van der Waals surface area contributed by atoms with Crippen LogP contribution in [0, 0.1) is 16.7 Å². The van der Waals surface area contributed by atoms with Crippen LogP contribution in [0.25, 0.3) is 0 Å². The first kappa shape index (κ1) is 19.4. The molecule has 7 heteroatoms. The van der Waals surface area contributed by atoms with Crippen molar-refractivity contribution in [2.24, 2.45) is 16.7 Å². The van der Waals surface area contributed by atoms with E-state index >= 15 is 0 Å². The highest BCUT2D eigenvalue weighted by molar-refractivity contribution is 7.91. The Morgan fingerprint density at radius 3 is 2.52 bits per heavy atom. The van der Waals surface area contributed by atoms with Crippen molar-refractivity contribution >= 4 is 27.3 Å². The number of likely N-dealkylation sites (tertiary alicyclic amines) is 1. The van der Waals surface area contributed by atoms with Crippen LogP contribution >= 0.6 is 11.3 Å². The molecule has 0 unspecified atom stereocenters. The largest absolute Gasteiger partial charge is 0.339 e. The number of nitrogens with zero attached hydrogens (tertiary/aromatic N) is 2. The lowest BCUT2D eigenvalue weighted by molar-refractivity contribution is -0.138. The second-order valence-electron chi connectivity index (χ2n) is 9.79. The lowest BCUT2D eigenvalue weighted by Crippen LogP contribution is -2.46. The lowest BCUT2D eigenvalue weighted by atomic mass is 9.65. The number of rotatable bonds is 3. The van der Waals surface area contributed by atoms with Crippen molar-refractivity contribution in [1.29, 1.82) is 0 Å². The maximum absolute atomic E-state index is 13.2. The fourth-order valence-electron chi connectivity index (χ4n) is 5.83. The quantitative estimate of drug-likeness (QED) is 0.765. The molecule has 0 aromatic carbocycles. The first-order valence-corrected chi connectivity index (χ1v) is 12.3. The van der Waals surface area contributed by atoms with Gasteiger partial charge in [0.1, 0.15) is 4.21 Å². The molecule has 0 radical (unpaired) electrons. The van der Waals surface area contributed by atoms with Crippen LogP contribution in [-0.2, 0) is 14.8 Å². The van der Waals surface area contributed by atoms with E-state index in [4.69, 9.17) is 0 Å². The van der Waals surface area contributed by atoms with E-state index in [-0.39, 0.29) is 17.2 Å². The zero-order chi connectivity index (χ0) is 19.4. The van der Waals surface area contributed by atoms with Crippen LogP contribution in [0.15, 0.2) is 21.7 Å². The van der Waals surface area contributed by atoms with Crippen molar-refractivity contribution in [2.75, 3.05) is 19.6 Å². The number of hydrogen-bond acceptors (Lipinski definition) is 4. The molecule has 1 aromatic rings. The molecular weight excluding hydrogens is 380 g/mol. The van der Waals surface area contributed by atoms with Gasteiger partial charge in [-0.2, -0.15) is 4.31 Å². The fraction of sp³-hybridized carbons (Fsp3) is 0.750.